The number of amides is 1. The Hall–Kier alpha value is -2.56. The van der Waals surface area contributed by atoms with E-state index in [1.165, 1.54) is 0 Å². The van der Waals surface area contributed by atoms with Gasteiger partial charge in [0, 0.05) is 47.7 Å². The van der Waals surface area contributed by atoms with Gasteiger partial charge in [-0.25, -0.2) is 0 Å². The van der Waals surface area contributed by atoms with Crippen molar-refractivity contribution < 1.29 is 14.4 Å². The average molecular weight is 340 g/mol. The third-order valence-corrected chi connectivity index (χ3v) is 4.63. The molecule has 0 saturated carbocycles. The Labute approximate surface area is 148 Å². The van der Waals surface area contributed by atoms with Crippen LogP contribution in [0.5, 0.6) is 0 Å². The molecule has 0 bridgehead atoms. The van der Waals surface area contributed by atoms with E-state index in [4.69, 9.17) is 0 Å². The van der Waals surface area contributed by atoms with Crippen molar-refractivity contribution in [1.29, 1.82) is 0 Å². The van der Waals surface area contributed by atoms with E-state index in [2.05, 4.69) is 10.3 Å². The highest BCUT2D eigenvalue weighted by atomic mass is 16.2. The molecular formula is C20H24N2O3. The molecule has 5 nitrogen and oxygen atoms in total. The molecule has 1 aliphatic carbocycles. The molecular weight excluding hydrogens is 316 g/mol. The molecule has 0 saturated heterocycles. The van der Waals surface area contributed by atoms with Crippen LogP contribution in [0.15, 0.2) is 46.8 Å². The van der Waals surface area contributed by atoms with Crippen LogP contribution in [-0.4, -0.2) is 29.0 Å². The molecule has 25 heavy (non-hydrogen) atoms. The fourth-order valence-corrected chi connectivity index (χ4v) is 2.87. The van der Waals surface area contributed by atoms with Gasteiger partial charge in [0.15, 0.2) is 11.6 Å². The molecule has 0 unspecified atom stereocenters. The second kappa shape index (κ2) is 8.51. The zero-order chi connectivity index (χ0) is 18.4. The van der Waals surface area contributed by atoms with E-state index in [9.17, 15) is 14.4 Å². The highest BCUT2D eigenvalue weighted by Crippen LogP contribution is 2.27. The minimum Gasteiger partial charge on any atom is -0.356 e. The van der Waals surface area contributed by atoms with Crippen molar-refractivity contribution in [2.24, 2.45) is 0 Å². The van der Waals surface area contributed by atoms with Gasteiger partial charge in [0.1, 0.15) is 0 Å². The van der Waals surface area contributed by atoms with Gasteiger partial charge in [0.25, 0.3) is 0 Å². The van der Waals surface area contributed by atoms with Crippen LogP contribution in [-0.2, 0) is 20.8 Å². The summed E-state index contributed by atoms with van der Waals surface area (Å²) < 4.78 is 0. The van der Waals surface area contributed by atoms with Crippen molar-refractivity contribution in [1.82, 2.24) is 10.3 Å². The van der Waals surface area contributed by atoms with Crippen molar-refractivity contribution >= 4 is 17.5 Å². The van der Waals surface area contributed by atoms with Crippen molar-refractivity contribution in [2.45, 2.75) is 46.5 Å². The highest BCUT2D eigenvalue weighted by Gasteiger charge is 2.27. The van der Waals surface area contributed by atoms with E-state index in [-0.39, 0.29) is 17.5 Å². The highest BCUT2D eigenvalue weighted by molar-refractivity contribution is 6.24. The summed E-state index contributed by atoms with van der Waals surface area (Å²) in [4.78, 5) is 40.3. The first-order valence-electron chi connectivity index (χ1n) is 8.54. The van der Waals surface area contributed by atoms with E-state index >= 15 is 0 Å². The number of Topliss-reactive ketones (excluding diaryl/α,β-unsaturated/α-hetero) is 2. The number of hydrogen-bond acceptors (Lipinski definition) is 4. The lowest BCUT2D eigenvalue weighted by Crippen LogP contribution is -2.25. The van der Waals surface area contributed by atoms with Gasteiger partial charge in [0.2, 0.25) is 5.91 Å². The Morgan fingerprint density at radius 2 is 1.60 bits per heavy atom. The molecule has 1 heterocycles. The molecule has 1 aliphatic rings. The van der Waals surface area contributed by atoms with Crippen LogP contribution in [0.25, 0.3) is 0 Å². The Kier molecular flexibility index (Phi) is 6.39. The van der Waals surface area contributed by atoms with Crippen LogP contribution in [0.1, 0.15) is 45.6 Å². The third kappa shape index (κ3) is 4.72. The summed E-state index contributed by atoms with van der Waals surface area (Å²) in [5.74, 6) is -0.160. The largest absolute Gasteiger partial charge is 0.356 e. The molecule has 1 N–H and O–H groups in total. The van der Waals surface area contributed by atoms with Gasteiger partial charge in [0.05, 0.1) is 0 Å². The molecule has 0 spiro atoms. The first-order chi connectivity index (χ1) is 11.9. The SMILES string of the molecule is CC1=C(C)C(=O)C(CCCC(=O)NCCc2ccncc2)=C(C)C1=O. The fourth-order valence-electron chi connectivity index (χ4n) is 2.87. The maximum atomic E-state index is 12.3. The minimum absolute atomic E-state index is 0.0367. The van der Waals surface area contributed by atoms with Gasteiger partial charge in [-0.1, -0.05) is 0 Å². The smallest absolute Gasteiger partial charge is 0.220 e. The second-order valence-electron chi connectivity index (χ2n) is 6.32. The Morgan fingerprint density at radius 1 is 0.960 bits per heavy atom. The van der Waals surface area contributed by atoms with Crippen LogP contribution >= 0.6 is 0 Å². The molecule has 132 valence electrons. The van der Waals surface area contributed by atoms with Crippen LogP contribution in [0.2, 0.25) is 0 Å². The van der Waals surface area contributed by atoms with Crippen LogP contribution in [0.3, 0.4) is 0 Å². The lowest BCUT2D eigenvalue weighted by atomic mass is 9.84. The lowest BCUT2D eigenvalue weighted by Gasteiger charge is -2.18. The van der Waals surface area contributed by atoms with Gasteiger partial charge < -0.3 is 5.32 Å². The number of rotatable bonds is 7. The maximum absolute atomic E-state index is 12.3. The van der Waals surface area contributed by atoms with E-state index in [1.807, 2.05) is 12.1 Å². The van der Waals surface area contributed by atoms with Crippen molar-refractivity contribution in [3.63, 3.8) is 0 Å². The molecule has 0 fully saturated rings. The van der Waals surface area contributed by atoms with Crippen LogP contribution < -0.4 is 5.32 Å². The Morgan fingerprint density at radius 3 is 2.28 bits per heavy atom. The summed E-state index contributed by atoms with van der Waals surface area (Å²) in [6, 6.07) is 3.84. The van der Waals surface area contributed by atoms with Crippen molar-refractivity contribution in [3.8, 4) is 0 Å². The number of carbonyl (C=O) groups excluding carboxylic acids is 3. The molecule has 0 atom stereocenters. The number of hydrogen-bond donors (Lipinski definition) is 1. The lowest BCUT2D eigenvalue weighted by molar-refractivity contribution is -0.121. The normalized spacial score (nSPS) is 15.0. The summed E-state index contributed by atoms with van der Waals surface area (Å²) in [5.41, 5.74) is 3.25. The first-order valence-corrected chi connectivity index (χ1v) is 8.54. The molecule has 1 amide bonds. The molecule has 1 aromatic heterocycles. The second-order valence-corrected chi connectivity index (χ2v) is 6.32. The minimum atomic E-state index is -0.0623. The van der Waals surface area contributed by atoms with Crippen LogP contribution in [0.4, 0.5) is 0 Å². The molecule has 0 radical (unpaired) electrons. The molecule has 1 aromatic rings. The predicted molar refractivity (Wildman–Crippen MR) is 95.9 cm³/mol. The van der Waals surface area contributed by atoms with E-state index < -0.39 is 0 Å². The van der Waals surface area contributed by atoms with Crippen molar-refractivity contribution in [2.75, 3.05) is 6.54 Å². The topological polar surface area (TPSA) is 76.1 Å². The van der Waals surface area contributed by atoms with Crippen LogP contribution in [0, 0.1) is 0 Å². The summed E-state index contributed by atoms with van der Waals surface area (Å²) in [5, 5.41) is 2.88. The average Bonchev–Trinajstić information content (AvgIpc) is 2.62. The Bertz CT molecular complexity index is 745. The molecule has 2 rings (SSSR count). The summed E-state index contributed by atoms with van der Waals surface area (Å²) in [6.07, 6.45) is 5.57. The van der Waals surface area contributed by atoms with E-state index in [1.54, 1.807) is 33.2 Å². The summed E-state index contributed by atoms with van der Waals surface area (Å²) in [7, 11) is 0. The molecule has 0 aliphatic heterocycles. The number of nitrogens with zero attached hydrogens (tertiary/aromatic N) is 1. The molecule has 0 aromatic carbocycles. The number of carbonyl (C=O) groups is 3. The monoisotopic (exact) mass is 340 g/mol. The number of nitrogens with one attached hydrogen (secondary N) is 1. The van der Waals surface area contributed by atoms with E-state index in [0.29, 0.717) is 48.1 Å². The number of aromatic nitrogens is 1. The van der Waals surface area contributed by atoms with Gasteiger partial charge in [-0.3, -0.25) is 19.4 Å². The van der Waals surface area contributed by atoms with Gasteiger partial charge in [-0.2, -0.15) is 0 Å². The zero-order valence-corrected chi connectivity index (χ0v) is 15.0. The van der Waals surface area contributed by atoms with Gasteiger partial charge in [-0.05, 0) is 57.7 Å². The van der Waals surface area contributed by atoms with Crippen molar-refractivity contribution in [3.05, 3.63) is 52.4 Å². The number of pyridine rings is 1. The zero-order valence-electron chi connectivity index (χ0n) is 15.0. The number of ketones is 2. The fraction of sp³-hybridized carbons (Fsp3) is 0.400. The Balaban J connectivity index is 1.77. The number of allylic oxidation sites excluding steroid dienone is 4. The third-order valence-electron chi connectivity index (χ3n) is 4.63. The maximum Gasteiger partial charge on any atom is 0.220 e. The predicted octanol–water partition coefficient (Wildman–Crippen LogP) is 2.72. The quantitative estimate of drug-likeness (QED) is 0.774. The van der Waals surface area contributed by atoms with E-state index in [0.717, 1.165) is 12.0 Å². The van der Waals surface area contributed by atoms with Gasteiger partial charge in [-0.15, -0.1) is 0 Å². The van der Waals surface area contributed by atoms with Gasteiger partial charge >= 0.3 is 0 Å². The molecule has 5 heteroatoms. The summed E-state index contributed by atoms with van der Waals surface area (Å²) in [6.45, 7) is 5.64. The summed E-state index contributed by atoms with van der Waals surface area (Å²) >= 11 is 0. The first kappa shape index (κ1) is 18.8. The standard InChI is InChI=1S/C20H24N2O3/c1-13-14(2)20(25)17(15(3)19(13)24)5-4-6-18(23)22-12-9-16-7-10-21-11-8-16/h7-8,10-11H,4-6,9,12H2,1-3H3,(H,22,23).